The fraction of sp³-hybridized carbons (Fsp3) is 0.579. The molecule has 0 radical (unpaired) electrons. The van der Waals surface area contributed by atoms with E-state index in [2.05, 4.69) is 4.90 Å². The fourth-order valence-electron chi connectivity index (χ4n) is 4.16. The molecule has 3 aliphatic rings. The number of hydrogen-bond acceptors (Lipinski definition) is 4. The first-order valence-electron chi connectivity index (χ1n) is 9.31. The lowest BCUT2D eigenvalue weighted by Crippen LogP contribution is -2.58. The minimum atomic E-state index is -0.998. The van der Waals surface area contributed by atoms with Crippen molar-refractivity contribution in [2.24, 2.45) is 10.9 Å². The molecule has 1 amide bonds. The van der Waals surface area contributed by atoms with E-state index in [0.29, 0.717) is 11.5 Å². The predicted octanol–water partition coefficient (Wildman–Crippen LogP) is 1.63. The van der Waals surface area contributed by atoms with E-state index in [0.717, 1.165) is 25.9 Å². The van der Waals surface area contributed by atoms with Crippen molar-refractivity contribution in [2.45, 2.75) is 51.9 Å². The van der Waals surface area contributed by atoms with Crippen LogP contribution in [0.1, 0.15) is 62.4 Å². The fourth-order valence-corrected chi connectivity index (χ4v) is 4.16. The molecule has 2 atom stereocenters. The maximum absolute atomic E-state index is 13.4. The molecule has 26 heavy (non-hydrogen) atoms. The number of rotatable bonds is 3. The second kappa shape index (κ2) is 5.87. The second-order valence-corrected chi connectivity index (χ2v) is 7.84. The Morgan fingerprint density at radius 3 is 2.65 bits per heavy atom. The Morgan fingerprint density at radius 1 is 1.35 bits per heavy atom. The van der Waals surface area contributed by atoms with Gasteiger partial charge in [0.2, 0.25) is 5.84 Å². The van der Waals surface area contributed by atoms with Crippen LogP contribution in [-0.4, -0.2) is 51.2 Å². The lowest BCUT2D eigenvalue weighted by Gasteiger charge is -2.33. The molecule has 0 saturated carbocycles. The van der Waals surface area contributed by atoms with Crippen molar-refractivity contribution in [1.82, 2.24) is 9.80 Å². The van der Waals surface area contributed by atoms with Gasteiger partial charge >= 0.3 is 12.3 Å². The topological polar surface area (TPSA) is 77.1 Å². The van der Waals surface area contributed by atoms with Gasteiger partial charge in [-0.2, -0.15) is 4.57 Å². The maximum atomic E-state index is 13.4. The Balaban J connectivity index is 1.92. The average Bonchev–Trinajstić information content (AvgIpc) is 3.08. The van der Waals surface area contributed by atoms with Gasteiger partial charge in [0.1, 0.15) is 11.1 Å². The highest BCUT2D eigenvalue weighted by atomic mass is 16.4. The highest BCUT2D eigenvalue weighted by molar-refractivity contribution is 6.17. The lowest BCUT2D eigenvalue weighted by atomic mass is 9.89. The Bertz CT molecular complexity index is 813. The van der Waals surface area contributed by atoms with Crippen LogP contribution in [0.4, 0.5) is 0 Å². The number of hydrogen-bond donors (Lipinski definition) is 1. The Hall–Kier alpha value is -2.28. The van der Waals surface area contributed by atoms with E-state index in [-0.39, 0.29) is 23.7 Å². The number of carboxylic acid groups (broad SMARTS) is 1. The molecule has 2 unspecified atom stereocenters. The Kier molecular flexibility index (Phi) is 3.87. The number of likely N-dealkylation sites (tertiary alicyclic amines) is 1. The molecular weight excluding hydrogens is 332 g/mol. The van der Waals surface area contributed by atoms with Crippen molar-refractivity contribution in [3.8, 4) is 0 Å². The number of carbonyl (C=O) groups excluding carboxylic acids is 1. The number of carbonyl (C=O) groups is 2. The molecule has 0 aromatic carbocycles. The van der Waals surface area contributed by atoms with E-state index in [1.807, 2.05) is 31.5 Å². The molecule has 7 heteroatoms. The van der Waals surface area contributed by atoms with Gasteiger partial charge in [0, 0.05) is 19.2 Å². The largest absolute Gasteiger partial charge is 0.477 e. The number of pyridine rings is 1. The van der Waals surface area contributed by atoms with E-state index in [1.54, 1.807) is 17.0 Å². The Labute approximate surface area is 152 Å². The first-order chi connectivity index (χ1) is 12.4. The molecule has 138 valence electrons. The van der Waals surface area contributed by atoms with Crippen LogP contribution in [0.25, 0.3) is 0 Å². The van der Waals surface area contributed by atoms with E-state index in [9.17, 15) is 14.7 Å². The summed E-state index contributed by atoms with van der Waals surface area (Å²) in [6, 6.07) is 3.32. The first kappa shape index (κ1) is 17.1. The number of fused-ring (bicyclic) bond motifs is 3. The summed E-state index contributed by atoms with van der Waals surface area (Å²) in [5.41, 5.74) is -0.127. The van der Waals surface area contributed by atoms with Crippen LogP contribution in [0.2, 0.25) is 0 Å². The smallest absolute Gasteiger partial charge is 0.342 e. The molecule has 1 fully saturated rings. The number of aromatic carboxylic acids is 1. The normalized spacial score (nSPS) is 28.3. The minimum Gasteiger partial charge on any atom is -0.477 e. The maximum Gasteiger partial charge on any atom is 0.342 e. The molecule has 0 bridgehead atoms. The van der Waals surface area contributed by atoms with Gasteiger partial charge in [0.25, 0.3) is 11.6 Å². The summed E-state index contributed by atoms with van der Waals surface area (Å²) in [7, 11) is 0. The first-order valence-corrected chi connectivity index (χ1v) is 9.31. The van der Waals surface area contributed by atoms with Gasteiger partial charge in [-0.3, -0.25) is 4.79 Å². The van der Waals surface area contributed by atoms with Crippen molar-refractivity contribution < 1.29 is 19.3 Å². The molecule has 1 saturated heterocycles. The van der Waals surface area contributed by atoms with Crippen LogP contribution in [-0.2, 0) is 4.79 Å². The van der Waals surface area contributed by atoms with Crippen LogP contribution in [0.5, 0.6) is 0 Å². The highest BCUT2D eigenvalue weighted by Crippen LogP contribution is 2.39. The second-order valence-electron chi connectivity index (χ2n) is 7.84. The third-order valence-corrected chi connectivity index (χ3v) is 6.00. The van der Waals surface area contributed by atoms with Crippen molar-refractivity contribution in [1.29, 1.82) is 0 Å². The summed E-state index contributed by atoms with van der Waals surface area (Å²) < 4.78 is 1.91. The van der Waals surface area contributed by atoms with Crippen LogP contribution in [0, 0.1) is 5.92 Å². The lowest BCUT2D eigenvalue weighted by molar-refractivity contribution is -0.750. The molecule has 4 heterocycles. The molecule has 4 rings (SSSR count). The summed E-state index contributed by atoms with van der Waals surface area (Å²) in [6.07, 6.45) is 4.90. The van der Waals surface area contributed by atoms with Crippen molar-refractivity contribution in [3.05, 3.63) is 29.6 Å². The number of aliphatic imine (C=N–C) groups is 1. The van der Waals surface area contributed by atoms with Gasteiger partial charge in [0.05, 0.1) is 0 Å². The number of aromatic nitrogens is 1. The van der Waals surface area contributed by atoms with Crippen LogP contribution in [0.15, 0.2) is 23.3 Å². The zero-order valence-corrected chi connectivity index (χ0v) is 15.5. The van der Waals surface area contributed by atoms with E-state index >= 15 is 0 Å². The van der Waals surface area contributed by atoms with Crippen LogP contribution < -0.4 is 4.57 Å². The zero-order valence-electron chi connectivity index (χ0n) is 15.5. The Morgan fingerprint density at radius 2 is 2.04 bits per heavy atom. The predicted molar refractivity (Wildman–Crippen MR) is 94.7 cm³/mol. The molecule has 1 N–H and O–H groups in total. The number of nitrogens with zero attached hydrogens (tertiary/aromatic N) is 4. The summed E-state index contributed by atoms with van der Waals surface area (Å²) in [5, 5.41) is 9.69. The molecule has 1 aromatic rings. The molecule has 7 nitrogen and oxygen atoms in total. The van der Waals surface area contributed by atoms with Gasteiger partial charge in [-0.1, -0.05) is 20.3 Å². The van der Waals surface area contributed by atoms with Gasteiger partial charge in [0.15, 0.2) is 6.20 Å². The van der Waals surface area contributed by atoms with Gasteiger partial charge < -0.3 is 5.11 Å². The molecular formula is C19H25N4O3+. The van der Waals surface area contributed by atoms with Crippen molar-refractivity contribution in [3.63, 3.8) is 0 Å². The quantitative estimate of drug-likeness (QED) is 0.834. The number of amidine groups is 1. The summed E-state index contributed by atoms with van der Waals surface area (Å²) in [4.78, 5) is 34.0. The minimum absolute atomic E-state index is 0.0283. The highest BCUT2D eigenvalue weighted by Gasteiger charge is 2.60. The third-order valence-electron chi connectivity index (χ3n) is 6.00. The van der Waals surface area contributed by atoms with Gasteiger partial charge in [-0.25, -0.2) is 19.6 Å². The van der Waals surface area contributed by atoms with E-state index < -0.39 is 11.5 Å². The van der Waals surface area contributed by atoms with Crippen molar-refractivity contribution >= 4 is 17.7 Å². The SMILES string of the molecule is CC(C)C1(C)N=C2c3c(C(=O)O)ccc[n+]3C(N3CCCCC3)N2C1=O. The zero-order chi connectivity index (χ0) is 18.6. The molecule has 0 spiro atoms. The average molecular weight is 357 g/mol. The standard InChI is InChI=1S/C19H24N4O3/c1-12(2)19(3)17(26)23-15(20-19)14-13(16(24)25)8-7-11-22(14)18(23)21-9-5-4-6-10-21/h7-8,11-12,18H,4-6,9-10H2,1-3H3/p+1. The van der Waals surface area contributed by atoms with Crippen LogP contribution >= 0.6 is 0 Å². The molecule has 1 aromatic heterocycles. The van der Waals surface area contributed by atoms with Crippen molar-refractivity contribution in [2.75, 3.05) is 13.1 Å². The summed E-state index contributed by atoms with van der Waals surface area (Å²) >= 11 is 0. The van der Waals surface area contributed by atoms with E-state index in [4.69, 9.17) is 4.99 Å². The molecule has 3 aliphatic heterocycles. The number of piperidine rings is 1. The summed E-state index contributed by atoms with van der Waals surface area (Å²) in [6.45, 7) is 7.61. The number of amides is 1. The van der Waals surface area contributed by atoms with Gasteiger partial charge in [-0.05, 0) is 31.7 Å². The van der Waals surface area contributed by atoms with Crippen LogP contribution in [0.3, 0.4) is 0 Å². The summed E-state index contributed by atoms with van der Waals surface area (Å²) in [5.74, 6) is -0.514. The van der Waals surface area contributed by atoms with E-state index in [1.165, 1.54) is 6.42 Å². The van der Waals surface area contributed by atoms with Gasteiger partial charge in [-0.15, -0.1) is 0 Å². The number of carboxylic acids is 1. The molecule has 0 aliphatic carbocycles. The monoisotopic (exact) mass is 357 g/mol. The third kappa shape index (κ3) is 2.23.